The van der Waals surface area contributed by atoms with Gasteiger partial charge in [-0.1, -0.05) is 6.07 Å². The topological polar surface area (TPSA) is 20.3 Å². The van der Waals surface area contributed by atoms with Crippen LogP contribution in [0.1, 0.15) is 11.3 Å². The number of carbonyl (C=O) groups is 1. The first kappa shape index (κ1) is 9.62. The number of nitrogens with zero attached hydrogens (tertiary/aromatic N) is 1. The molecule has 1 saturated heterocycles. The van der Waals surface area contributed by atoms with E-state index in [1.807, 2.05) is 23.6 Å². The van der Waals surface area contributed by atoms with E-state index in [4.69, 9.17) is 0 Å². The number of thiophene rings is 1. The molecule has 1 fully saturated rings. The first-order chi connectivity index (χ1) is 6.75. The number of rotatable bonds is 1. The summed E-state index contributed by atoms with van der Waals surface area (Å²) in [5.74, 6) is 0.302. The van der Waals surface area contributed by atoms with E-state index in [9.17, 15) is 4.79 Å². The molecule has 0 aliphatic carbocycles. The van der Waals surface area contributed by atoms with Gasteiger partial charge in [0.1, 0.15) is 0 Å². The van der Waals surface area contributed by atoms with Crippen LogP contribution >= 0.6 is 11.3 Å². The summed E-state index contributed by atoms with van der Waals surface area (Å²) in [6.45, 7) is 1.68. The zero-order chi connectivity index (χ0) is 9.97. The molecule has 0 unspecified atom stereocenters. The molecule has 0 bridgehead atoms. The Morgan fingerprint density at radius 3 is 3.14 bits per heavy atom. The van der Waals surface area contributed by atoms with Gasteiger partial charge in [0, 0.05) is 30.0 Å². The molecule has 74 valence electrons. The molecule has 2 nitrogen and oxygen atoms in total. The van der Waals surface area contributed by atoms with Gasteiger partial charge in [-0.15, -0.1) is 11.3 Å². The number of likely N-dealkylation sites (N-methyl/N-ethyl adjacent to an activating group) is 1. The third-order valence-electron chi connectivity index (χ3n) is 2.38. The van der Waals surface area contributed by atoms with E-state index >= 15 is 0 Å². The second-order valence-corrected chi connectivity index (χ2v) is 4.58. The zero-order valence-corrected chi connectivity index (χ0v) is 9.01. The van der Waals surface area contributed by atoms with Crippen LogP contribution in [0.4, 0.5) is 0 Å². The fourth-order valence-corrected chi connectivity index (χ4v) is 2.26. The molecule has 0 radical (unpaired) electrons. The summed E-state index contributed by atoms with van der Waals surface area (Å²) < 4.78 is 0. The Balaban J connectivity index is 2.19. The molecule has 1 aromatic heterocycles. The number of likely N-dealkylation sites (tertiary alicyclic amines) is 1. The summed E-state index contributed by atoms with van der Waals surface area (Å²) in [5.41, 5.74) is 0.946. The van der Waals surface area contributed by atoms with Gasteiger partial charge in [0.2, 0.25) is 0 Å². The van der Waals surface area contributed by atoms with Gasteiger partial charge < -0.3 is 4.90 Å². The Labute approximate surface area is 87.9 Å². The van der Waals surface area contributed by atoms with E-state index in [-0.39, 0.29) is 0 Å². The van der Waals surface area contributed by atoms with Crippen molar-refractivity contribution in [3.8, 4) is 0 Å². The third-order valence-corrected chi connectivity index (χ3v) is 3.20. The van der Waals surface area contributed by atoms with Gasteiger partial charge in [0.05, 0.1) is 0 Å². The summed E-state index contributed by atoms with van der Waals surface area (Å²) in [6, 6.07) is 4.05. The average Bonchev–Trinajstić information content (AvgIpc) is 2.64. The summed E-state index contributed by atoms with van der Waals surface area (Å²) in [5, 5.41) is 2.03. The highest BCUT2D eigenvalue weighted by atomic mass is 32.1. The van der Waals surface area contributed by atoms with E-state index in [0.717, 1.165) is 18.7 Å². The van der Waals surface area contributed by atoms with Crippen LogP contribution in [-0.4, -0.2) is 30.8 Å². The quantitative estimate of drug-likeness (QED) is 0.657. The predicted molar refractivity (Wildman–Crippen MR) is 59.4 cm³/mol. The number of hydrogen-bond donors (Lipinski definition) is 0. The van der Waals surface area contributed by atoms with Crippen molar-refractivity contribution >= 4 is 23.2 Å². The molecule has 1 aromatic rings. The lowest BCUT2D eigenvalue weighted by Crippen LogP contribution is -2.32. The molecule has 2 rings (SSSR count). The first-order valence-corrected chi connectivity index (χ1v) is 5.59. The van der Waals surface area contributed by atoms with Crippen LogP contribution in [0.2, 0.25) is 0 Å². The lowest BCUT2D eigenvalue weighted by atomic mass is 10.0. The van der Waals surface area contributed by atoms with Gasteiger partial charge in [0.25, 0.3) is 0 Å². The van der Waals surface area contributed by atoms with Gasteiger partial charge in [0.15, 0.2) is 5.78 Å². The van der Waals surface area contributed by atoms with Crippen LogP contribution in [0.3, 0.4) is 0 Å². The minimum atomic E-state index is 0.302. The maximum Gasteiger partial charge on any atom is 0.161 e. The molecule has 0 saturated carbocycles. The maximum absolute atomic E-state index is 11.6. The highest BCUT2D eigenvalue weighted by Crippen LogP contribution is 2.17. The average molecular weight is 207 g/mol. The van der Waals surface area contributed by atoms with Crippen LogP contribution in [0.15, 0.2) is 23.1 Å². The normalized spacial score (nSPS) is 21.8. The van der Waals surface area contributed by atoms with Crippen molar-refractivity contribution in [2.24, 2.45) is 0 Å². The van der Waals surface area contributed by atoms with E-state index in [0.29, 0.717) is 12.2 Å². The number of carbonyl (C=O) groups excluding carboxylic acids is 1. The van der Waals surface area contributed by atoms with Crippen LogP contribution in [0, 0.1) is 0 Å². The lowest BCUT2D eigenvalue weighted by Gasteiger charge is -2.23. The molecule has 0 spiro atoms. The van der Waals surface area contributed by atoms with Crippen molar-refractivity contribution in [3.63, 3.8) is 0 Å². The number of hydrogen-bond acceptors (Lipinski definition) is 3. The fraction of sp³-hybridized carbons (Fsp3) is 0.364. The van der Waals surface area contributed by atoms with Gasteiger partial charge in [-0.05, 0) is 24.6 Å². The Bertz CT molecular complexity index is 353. The molecule has 0 amide bonds. The summed E-state index contributed by atoms with van der Waals surface area (Å²) in [6.07, 6.45) is 2.68. The third kappa shape index (κ3) is 2.11. The smallest absolute Gasteiger partial charge is 0.161 e. The Kier molecular flexibility index (Phi) is 2.79. The van der Waals surface area contributed by atoms with Gasteiger partial charge in [-0.3, -0.25) is 4.79 Å². The van der Waals surface area contributed by atoms with Crippen molar-refractivity contribution < 1.29 is 4.79 Å². The molecule has 0 atom stereocenters. The standard InChI is InChI=1S/C11H13NOS/c1-12-5-4-11(13)9(8-12)7-10-3-2-6-14-10/h2-3,6-7H,4-5,8H2,1H3/b9-7+. The monoisotopic (exact) mass is 207 g/mol. The fourth-order valence-electron chi connectivity index (χ4n) is 1.58. The Hall–Kier alpha value is -0.930. The Morgan fingerprint density at radius 1 is 1.57 bits per heavy atom. The second-order valence-electron chi connectivity index (χ2n) is 3.60. The largest absolute Gasteiger partial charge is 0.302 e. The minimum Gasteiger partial charge on any atom is -0.302 e. The van der Waals surface area contributed by atoms with Crippen LogP contribution in [0.25, 0.3) is 6.08 Å². The highest BCUT2D eigenvalue weighted by molar-refractivity contribution is 7.10. The first-order valence-electron chi connectivity index (χ1n) is 4.71. The molecular formula is C11H13NOS. The van der Waals surface area contributed by atoms with E-state index in [1.165, 1.54) is 4.88 Å². The molecular weight excluding hydrogens is 194 g/mol. The minimum absolute atomic E-state index is 0.302. The molecule has 14 heavy (non-hydrogen) atoms. The van der Waals surface area contributed by atoms with E-state index < -0.39 is 0 Å². The van der Waals surface area contributed by atoms with Gasteiger partial charge >= 0.3 is 0 Å². The van der Waals surface area contributed by atoms with Crippen molar-refractivity contribution in [1.82, 2.24) is 4.90 Å². The molecule has 2 heterocycles. The molecule has 3 heteroatoms. The van der Waals surface area contributed by atoms with Crippen molar-refractivity contribution in [1.29, 1.82) is 0 Å². The van der Waals surface area contributed by atoms with Crippen LogP contribution in [-0.2, 0) is 4.79 Å². The van der Waals surface area contributed by atoms with E-state index in [1.54, 1.807) is 11.3 Å². The molecule has 1 aliphatic rings. The predicted octanol–water partition coefficient (Wildman–Crippen LogP) is 2.04. The zero-order valence-electron chi connectivity index (χ0n) is 8.19. The van der Waals surface area contributed by atoms with Crippen molar-refractivity contribution in [3.05, 3.63) is 28.0 Å². The summed E-state index contributed by atoms with van der Waals surface area (Å²) in [4.78, 5) is 14.9. The number of ketones is 1. The van der Waals surface area contributed by atoms with Gasteiger partial charge in [-0.2, -0.15) is 0 Å². The summed E-state index contributed by atoms with van der Waals surface area (Å²) >= 11 is 1.67. The SMILES string of the molecule is CN1CCC(=O)/C(=C/c2cccs2)C1. The second kappa shape index (κ2) is 4.07. The van der Waals surface area contributed by atoms with Gasteiger partial charge in [-0.25, -0.2) is 0 Å². The number of Topliss-reactive ketones (excluding diaryl/α,β-unsaturated/α-hetero) is 1. The molecule has 0 N–H and O–H groups in total. The van der Waals surface area contributed by atoms with E-state index in [2.05, 4.69) is 11.9 Å². The lowest BCUT2D eigenvalue weighted by molar-refractivity contribution is -0.117. The maximum atomic E-state index is 11.6. The summed E-state index contributed by atoms with van der Waals surface area (Å²) in [7, 11) is 2.05. The van der Waals surface area contributed by atoms with Crippen molar-refractivity contribution in [2.45, 2.75) is 6.42 Å². The van der Waals surface area contributed by atoms with Crippen molar-refractivity contribution in [2.75, 3.05) is 20.1 Å². The van der Waals surface area contributed by atoms with Crippen LogP contribution in [0.5, 0.6) is 0 Å². The number of piperidine rings is 1. The van der Waals surface area contributed by atoms with Crippen LogP contribution < -0.4 is 0 Å². The Morgan fingerprint density at radius 2 is 2.43 bits per heavy atom. The molecule has 0 aromatic carbocycles. The molecule has 1 aliphatic heterocycles. The highest BCUT2D eigenvalue weighted by Gasteiger charge is 2.18.